The predicted octanol–water partition coefficient (Wildman–Crippen LogP) is 5.12. The van der Waals surface area contributed by atoms with E-state index < -0.39 is 31.7 Å². The van der Waals surface area contributed by atoms with Crippen LogP contribution in [-0.2, 0) is 0 Å². The quantitative estimate of drug-likeness (QED) is 0.320. The van der Waals surface area contributed by atoms with Gasteiger partial charge in [-0.3, -0.25) is 0 Å². The Balaban J connectivity index is 2.04. The maximum atomic E-state index is 14.1. The number of hydrogen-bond donors (Lipinski definition) is 0. The van der Waals surface area contributed by atoms with Crippen LogP contribution in [0.1, 0.15) is 41.4 Å². The molecule has 0 amide bonds. The molecule has 0 N–H and O–H groups in total. The van der Waals surface area contributed by atoms with E-state index in [0.717, 1.165) is 0 Å². The third kappa shape index (κ3) is 4.13. The van der Waals surface area contributed by atoms with E-state index in [-0.39, 0.29) is 22.3 Å². The van der Waals surface area contributed by atoms with Gasteiger partial charge in [0.1, 0.15) is 0 Å². The molecule has 0 radical (unpaired) electrons. The molecule has 160 valence electrons. The number of rotatable bonds is 8. The number of hydrogen-bond acceptors (Lipinski definition) is 4. The minimum atomic E-state index is -5.47. The Bertz CT molecular complexity index is 1090. The topological polar surface area (TPSA) is 68.3 Å². The zero-order valence-electron chi connectivity index (χ0n) is 17.7. The van der Waals surface area contributed by atoms with E-state index in [4.69, 9.17) is 0 Å². The molecule has 5 heteroatoms. The Kier molecular flexibility index (Phi) is 6.56. The fraction of sp³-hybridized carbons (Fsp3) is 0. The SMILES string of the molecule is O=[C](c1ccccc1)[Ge]([C](=O)c1ccccc1)([C](=O)c1ccccc1)[C](=O)c1ccccc1. The third-order valence-corrected chi connectivity index (χ3v) is 13.6. The molecule has 0 aliphatic heterocycles. The second kappa shape index (κ2) is 9.71. The van der Waals surface area contributed by atoms with Crippen LogP contribution in [0.15, 0.2) is 121 Å². The zero-order chi connectivity index (χ0) is 23.3. The van der Waals surface area contributed by atoms with Crippen LogP contribution in [-0.4, -0.2) is 31.7 Å². The van der Waals surface area contributed by atoms with Crippen molar-refractivity contribution < 1.29 is 19.2 Å². The number of carbonyl (C=O) groups excluding carboxylic acids is 4. The van der Waals surface area contributed by atoms with Crippen LogP contribution in [0.2, 0.25) is 0 Å². The van der Waals surface area contributed by atoms with Crippen LogP contribution >= 0.6 is 0 Å². The molecule has 0 aliphatic rings. The summed E-state index contributed by atoms with van der Waals surface area (Å²) in [6.07, 6.45) is 0. The number of carbonyl (C=O) groups is 4. The molecule has 4 rings (SSSR count). The molecular weight excluding hydrogens is 473 g/mol. The van der Waals surface area contributed by atoms with Crippen molar-refractivity contribution in [3.05, 3.63) is 144 Å². The average Bonchev–Trinajstić information content (AvgIpc) is 2.90. The van der Waals surface area contributed by atoms with Crippen LogP contribution in [0.4, 0.5) is 0 Å². The fourth-order valence-corrected chi connectivity index (χ4v) is 11.5. The Labute approximate surface area is 194 Å². The molecule has 0 saturated heterocycles. The first-order chi connectivity index (χ1) is 16.1. The Morgan fingerprint density at radius 2 is 0.515 bits per heavy atom. The molecule has 0 unspecified atom stereocenters. The summed E-state index contributed by atoms with van der Waals surface area (Å²) in [5.41, 5.74) is 0.761. The molecule has 0 bridgehead atoms. The van der Waals surface area contributed by atoms with Crippen molar-refractivity contribution in [1.29, 1.82) is 0 Å². The fourth-order valence-electron chi connectivity index (χ4n) is 3.84. The molecule has 33 heavy (non-hydrogen) atoms. The molecule has 0 spiro atoms. The number of benzene rings is 4. The predicted molar refractivity (Wildman–Crippen MR) is 129 cm³/mol. The molecule has 4 aromatic carbocycles. The summed E-state index contributed by atoms with van der Waals surface area (Å²) in [6.45, 7) is 0. The first-order valence-electron chi connectivity index (χ1n) is 10.5. The molecule has 4 nitrogen and oxygen atoms in total. The van der Waals surface area contributed by atoms with Crippen LogP contribution < -0.4 is 0 Å². The minimum absolute atomic E-state index is 0.190. The van der Waals surface area contributed by atoms with Crippen molar-refractivity contribution in [2.75, 3.05) is 0 Å². The van der Waals surface area contributed by atoms with Gasteiger partial charge >= 0.3 is 194 Å². The third-order valence-electron chi connectivity index (χ3n) is 5.51. The Morgan fingerprint density at radius 3 is 0.697 bits per heavy atom. The molecule has 0 atom stereocenters. The van der Waals surface area contributed by atoms with Crippen molar-refractivity contribution >= 4 is 31.7 Å². The Hall–Kier alpha value is -3.90. The summed E-state index contributed by atoms with van der Waals surface area (Å²) in [5, 5.41) is 0. The molecule has 0 fully saturated rings. The van der Waals surface area contributed by atoms with Crippen molar-refractivity contribution in [3.63, 3.8) is 0 Å². The van der Waals surface area contributed by atoms with E-state index in [9.17, 15) is 19.2 Å². The van der Waals surface area contributed by atoms with Gasteiger partial charge in [0.2, 0.25) is 0 Å². The van der Waals surface area contributed by atoms with Gasteiger partial charge in [-0.05, 0) is 0 Å². The normalized spacial score (nSPS) is 10.9. The van der Waals surface area contributed by atoms with E-state index in [0.29, 0.717) is 0 Å². The van der Waals surface area contributed by atoms with Crippen molar-refractivity contribution in [2.45, 2.75) is 0 Å². The van der Waals surface area contributed by atoms with Crippen LogP contribution in [0.25, 0.3) is 0 Å². The van der Waals surface area contributed by atoms with Gasteiger partial charge in [-0.2, -0.15) is 0 Å². The van der Waals surface area contributed by atoms with Gasteiger partial charge in [-0.15, -0.1) is 0 Å². The monoisotopic (exact) mass is 494 g/mol. The molecule has 0 saturated carbocycles. The second-order valence-electron chi connectivity index (χ2n) is 7.53. The van der Waals surface area contributed by atoms with Crippen LogP contribution in [0.5, 0.6) is 0 Å². The van der Waals surface area contributed by atoms with E-state index in [1.54, 1.807) is 121 Å². The summed E-state index contributed by atoms with van der Waals surface area (Å²) < 4.78 is -2.64. The summed E-state index contributed by atoms with van der Waals surface area (Å²) >= 11 is -5.47. The van der Waals surface area contributed by atoms with E-state index >= 15 is 0 Å². The van der Waals surface area contributed by atoms with E-state index in [2.05, 4.69) is 0 Å². The van der Waals surface area contributed by atoms with E-state index in [1.807, 2.05) is 0 Å². The molecule has 0 aliphatic carbocycles. The summed E-state index contributed by atoms with van der Waals surface area (Å²) in [4.78, 5) is 56.5. The van der Waals surface area contributed by atoms with Crippen molar-refractivity contribution in [2.24, 2.45) is 0 Å². The van der Waals surface area contributed by atoms with Crippen molar-refractivity contribution in [1.82, 2.24) is 0 Å². The van der Waals surface area contributed by atoms with Crippen LogP contribution in [0, 0.1) is 0 Å². The van der Waals surface area contributed by atoms with Gasteiger partial charge in [0, 0.05) is 0 Å². The summed E-state index contributed by atoms with van der Waals surface area (Å²) in [6, 6.07) is 32.7. The first kappa shape index (κ1) is 22.3. The van der Waals surface area contributed by atoms with Gasteiger partial charge < -0.3 is 0 Å². The van der Waals surface area contributed by atoms with Crippen LogP contribution in [0.3, 0.4) is 0 Å². The first-order valence-corrected chi connectivity index (χ1v) is 14.7. The van der Waals surface area contributed by atoms with Crippen molar-refractivity contribution in [3.8, 4) is 0 Å². The van der Waals surface area contributed by atoms with Gasteiger partial charge in [0.15, 0.2) is 0 Å². The molecule has 0 aromatic heterocycles. The molecule has 0 heterocycles. The zero-order valence-corrected chi connectivity index (χ0v) is 19.8. The summed E-state index contributed by atoms with van der Waals surface area (Å²) in [7, 11) is 0. The standard InChI is InChI=1S/C28H20GeO4/c30-25(21-13-5-1-6-14-21)29(26(31)22-15-7-2-8-16-22,27(32)23-17-9-3-10-18-23)28(33)24-19-11-4-12-20-24/h1-20H. The summed E-state index contributed by atoms with van der Waals surface area (Å²) in [5.74, 6) is 0. The van der Waals surface area contributed by atoms with Gasteiger partial charge in [-0.25, -0.2) is 0 Å². The van der Waals surface area contributed by atoms with Gasteiger partial charge in [0.05, 0.1) is 0 Å². The van der Waals surface area contributed by atoms with Gasteiger partial charge in [0.25, 0.3) is 0 Å². The average molecular weight is 493 g/mol. The molecular formula is C28H20GeO4. The Morgan fingerprint density at radius 1 is 0.333 bits per heavy atom. The van der Waals surface area contributed by atoms with Gasteiger partial charge in [-0.1, -0.05) is 0 Å². The molecule has 4 aromatic rings. The van der Waals surface area contributed by atoms with E-state index in [1.165, 1.54) is 0 Å². The maximum absolute atomic E-state index is 14.1. The second-order valence-corrected chi connectivity index (χ2v) is 14.5.